The summed E-state index contributed by atoms with van der Waals surface area (Å²) in [6.07, 6.45) is 2.73. The summed E-state index contributed by atoms with van der Waals surface area (Å²) in [5, 5.41) is 3.98. The van der Waals surface area contributed by atoms with E-state index in [4.69, 9.17) is 15.0 Å². The molecule has 2 atom stereocenters. The van der Waals surface area contributed by atoms with Crippen LogP contribution in [-0.2, 0) is 17.6 Å². The van der Waals surface area contributed by atoms with Gasteiger partial charge in [-0.05, 0) is 24.8 Å². The molecule has 1 aromatic heterocycles. The SMILES string of the molecule is CC(CN)Cc1nc(CC2CCOC2)no1. The Hall–Kier alpha value is -0.940. The molecular weight excluding hydrogens is 206 g/mol. The molecule has 5 heteroatoms. The van der Waals surface area contributed by atoms with Crippen molar-refractivity contribution in [3.63, 3.8) is 0 Å². The number of hydrogen-bond donors (Lipinski definition) is 1. The van der Waals surface area contributed by atoms with E-state index in [-0.39, 0.29) is 0 Å². The van der Waals surface area contributed by atoms with Gasteiger partial charge in [-0.3, -0.25) is 0 Å². The van der Waals surface area contributed by atoms with Crippen molar-refractivity contribution in [3.05, 3.63) is 11.7 Å². The van der Waals surface area contributed by atoms with Crippen LogP contribution in [0.1, 0.15) is 25.1 Å². The molecule has 5 nitrogen and oxygen atoms in total. The number of aromatic nitrogens is 2. The average molecular weight is 225 g/mol. The Kier molecular flexibility index (Phi) is 3.90. The third-order valence-electron chi connectivity index (χ3n) is 2.93. The van der Waals surface area contributed by atoms with Crippen LogP contribution in [0.15, 0.2) is 4.52 Å². The van der Waals surface area contributed by atoms with Gasteiger partial charge in [-0.15, -0.1) is 0 Å². The Labute approximate surface area is 95.3 Å². The van der Waals surface area contributed by atoms with Gasteiger partial charge in [0.1, 0.15) is 0 Å². The highest BCUT2D eigenvalue weighted by Gasteiger charge is 2.19. The van der Waals surface area contributed by atoms with Crippen molar-refractivity contribution in [2.75, 3.05) is 19.8 Å². The maximum absolute atomic E-state index is 5.55. The topological polar surface area (TPSA) is 74.2 Å². The highest BCUT2D eigenvalue weighted by atomic mass is 16.5. The van der Waals surface area contributed by atoms with Gasteiger partial charge in [0.05, 0.1) is 0 Å². The summed E-state index contributed by atoms with van der Waals surface area (Å²) in [4.78, 5) is 4.37. The minimum Gasteiger partial charge on any atom is -0.381 e. The van der Waals surface area contributed by atoms with Crippen LogP contribution in [-0.4, -0.2) is 29.9 Å². The van der Waals surface area contributed by atoms with E-state index >= 15 is 0 Å². The molecule has 2 heterocycles. The van der Waals surface area contributed by atoms with Gasteiger partial charge in [0.2, 0.25) is 5.89 Å². The normalized spacial score (nSPS) is 22.5. The van der Waals surface area contributed by atoms with Crippen LogP contribution in [0.25, 0.3) is 0 Å². The molecule has 0 spiro atoms. The van der Waals surface area contributed by atoms with Crippen molar-refractivity contribution >= 4 is 0 Å². The lowest BCUT2D eigenvalue weighted by atomic mass is 10.1. The fourth-order valence-corrected chi connectivity index (χ4v) is 1.84. The molecule has 0 aromatic carbocycles. The van der Waals surface area contributed by atoms with Gasteiger partial charge in [0, 0.05) is 26.1 Å². The molecule has 2 N–H and O–H groups in total. The van der Waals surface area contributed by atoms with Gasteiger partial charge in [-0.25, -0.2) is 0 Å². The van der Waals surface area contributed by atoms with Gasteiger partial charge < -0.3 is 15.0 Å². The molecule has 1 aromatic rings. The van der Waals surface area contributed by atoms with Crippen molar-refractivity contribution in [1.29, 1.82) is 0 Å². The number of nitrogens with two attached hydrogens (primary N) is 1. The third kappa shape index (κ3) is 3.02. The largest absolute Gasteiger partial charge is 0.381 e. The first-order chi connectivity index (χ1) is 7.78. The second-order valence-corrected chi connectivity index (χ2v) is 4.58. The maximum atomic E-state index is 5.55. The smallest absolute Gasteiger partial charge is 0.226 e. The summed E-state index contributed by atoms with van der Waals surface area (Å²) in [5.74, 6) is 2.45. The summed E-state index contributed by atoms with van der Waals surface area (Å²) < 4.78 is 10.5. The summed E-state index contributed by atoms with van der Waals surface area (Å²) in [6, 6.07) is 0. The van der Waals surface area contributed by atoms with Crippen LogP contribution in [0.3, 0.4) is 0 Å². The molecule has 0 saturated carbocycles. The number of rotatable bonds is 5. The summed E-state index contributed by atoms with van der Waals surface area (Å²) in [5.41, 5.74) is 5.55. The van der Waals surface area contributed by atoms with Crippen molar-refractivity contribution in [3.8, 4) is 0 Å². The highest BCUT2D eigenvalue weighted by Crippen LogP contribution is 2.17. The first-order valence-electron chi connectivity index (χ1n) is 5.87. The molecule has 1 fully saturated rings. The van der Waals surface area contributed by atoms with Crippen molar-refractivity contribution in [2.24, 2.45) is 17.6 Å². The van der Waals surface area contributed by atoms with Crippen molar-refractivity contribution in [1.82, 2.24) is 10.1 Å². The van der Waals surface area contributed by atoms with E-state index in [9.17, 15) is 0 Å². The molecule has 0 amide bonds. The molecule has 1 saturated heterocycles. The van der Waals surface area contributed by atoms with Gasteiger partial charge in [-0.1, -0.05) is 12.1 Å². The summed E-state index contributed by atoms with van der Waals surface area (Å²) in [6.45, 7) is 4.41. The minimum atomic E-state index is 0.392. The van der Waals surface area contributed by atoms with E-state index in [1.54, 1.807) is 0 Å². The third-order valence-corrected chi connectivity index (χ3v) is 2.93. The number of hydrogen-bond acceptors (Lipinski definition) is 5. The molecule has 2 rings (SSSR count). The van der Waals surface area contributed by atoms with Crippen LogP contribution >= 0.6 is 0 Å². The first kappa shape index (κ1) is 11.5. The Morgan fingerprint density at radius 3 is 3.12 bits per heavy atom. The van der Waals surface area contributed by atoms with Crippen LogP contribution < -0.4 is 5.73 Å². The maximum Gasteiger partial charge on any atom is 0.226 e. The van der Waals surface area contributed by atoms with E-state index in [0.29, 0.717) is 24.3 Å². The number of ether oxygens (including phenoxy) is 1. The minimum absolute atomic E-state index is 0.392. The van der Waals surface area contributed by atoms with Crippen LogP contribution in [0.2, 0.25) is 0 Å². The zero-order valence-electron chi connectivity index (χ0n) is 9.69. The van der Waals surface area contributed by atoms with Crippen molar-refractivity contribution < 1.29 is 9.26 Å². The van der Waals surface area contributed by atoms with Crippen LogP contribution in [0, 0.1) is 11.8 Å². The van der Waals surface area contributed by atoms with Gasteiger partial charge in [-0.2, -0.15) is 4.98 Å². The zero-order chi connectivity index (χ0) is 11.4. The fraction of sp³-hybridized carbons (Fsp3) is 0.818. The predicted octanol–water partition coefficient (Wildman–Crippen LogP) is 0.786. The average Bonchev–Trinajstić information content (AvgIpc) is 2.91. The van der Waals surface area contributed by atoms with Gasteiger partial charge >= 0.3 is 0 Å². The molecule has 16 heavy (non-hydrogen) atoms. The standard InChI is InChI=1S/C11H19N3O2/c1-8(6-12)4-11-13-10(14-16-11)5-9-2-3-15-7-9/h8-9H,2-7,12H2,1H3. The lowest BCUT2D eigenvalue weighted by Gasteiger charge is -2.02. The summed E-state index contributed by atoms with van der Waals surface area (Å²) in [7, 11) is 0. The van der Waals surface area contributed by atoms with E-state index in [1.165, 1.54) is 0 Å². The predicted molar refractivity (Wildman–Crippen MR) is 58.9 cm³/mol. The molecule has 2 unspecified atom stereocenters. The van der Waals surface area contributed by atoms with Crippen molar-refractivity contribution in [2.45, 2.75) is 26.2 Å². The van der Waals surface area contributed by atoms with E-state index in [0.717, 1.165) is 38.3 Å². The Bertz CT molecular complexity index is 321. The quantitative estimate of drug-likeness (QED) is 0.801. The molecular formula is C11H19N3O2. The Morgan fingerprint density at radius 1 is 1.56 bits per heavy atom. The second-order valence-electron chi connectivity index (χ2n) is 4.58. The van der Waals surface area contributed by atoms with E-state index in [2.05, 4.69) is 17.1 Å². The fourth-order valence-electron chi connectivity index (χ4n) is 1.84. The lowest BCUT2D eigenvalue weighted by molar-refractivity contribution is 0.185. The molecule has 90 valence electrons. The first-order valence-corrected chi connectivity index (χ1v) is 5.87. The highest BCUT2D eigenvalue weighted by molar-refractivity contribution is 4.90. The molecule has 0 bridgehead atoms. The molecule has 1 aliphatic rings. The molecule has 0 radical (unpaired) electrons. The zero-order valence-corrected chi connectivity index (χ0v) is 9.69. The Balaban J connectivity index is 1.86. The number of nitrogens with zero attached hydrogens (tertiary/aromatic N) is 2. The summed E-state index contributed by atoms with van der Waals surface area (Å²) >= 11 is 0. The second kappa shape index (κ2) is 5.41. The van der Waals surface area contributed by atoms with Gasteiger partial charge in [0.25, 0.3) is 0 Å². The van der Waals surface area contributed by atoms with Crippen LogP contribution in [0.5, 0.6) is 0 Å². The van der Waals surface area contributed by atoms with Crippen LogP contribution in [0.4, 0.5) is 0 Å². The van der Waals surface area contributed by atoms with Gasteiger partial charge in [0.15, 0.2) is 5.82 Å². The monoisotopic (exact) mass is 225 g/mol. The molecule has 0 aliphatic carbocycles. The Morgan fingerprint density at radius 2 is 2.44 bits per heavy atom. The van der Waals surface area contributed by atoms with E-state index in [1.807, 2.05) is 0 Å². The lowest BCUT2D eigenvalue weighted by Crippen LogP contribution is -2.13. The van der Waals surface area contributed by atoms with E-state index < -0.39 is 0 Å². The molecule has 1 aliphatic heterocycles.